The molecule has 0 atom stereocenters. The molecule has 0 N–H and O–H groups in total. The highest BCUT2D eigenvalue weighted by Gasteiger charge is 2.17. The largest absolute Gasteiger partial charge is 0.550 e. The average molecular weight is 185 g/mol. The number of hydrogen-bond acceptors (Lipinski definition) is 4. The van der Waals surface area contributed by atoms with Gasteiger partial charge in [0.15, 0.2) is 0 Å². The van der Waals surface area contributed by atoms with Gasteiger partial charge in [0, 0.05) is 5.97 Å². The third kappa shape index (κ3) is 5.90. The van der Waals surface area contributed by atoms with Gasteiger partial charge in [-0.25, -0.2) is 0 Å². The third-order valence-electron chi connectivity index (χ3n) is 1.40. The van der Waals surface area contributed by atoms with Crippen LogP contribution >= 0.6 is 0 Å². The average Bonchev–Trinajstić information content (AvgIpc) is 2.00. The zero-order chi connectivity index (χ0) is 10.5. The molecule has 0 bridgehead atoms. The third-order valence-corrected chi connectivity index (χ3v) is 1.40. The molecule has 0 amide bonds. The molecule has 4 nitrogen and oxygen atoms in total. The molecule has 0 spiro atoms. The highest BCUT2D eigenvalue weighted by atomic mass is 16.6. The summed E-state index contributed by atoms with van der Waals surface area (Å²) < 4.78 is 4.89. The molecule has 0 aromatic carbocycles. The van der Waals surface area contributed by atoms with Gasteiger partial charge in [-0.3, -0.25) is 4.79 Å². The molecule has 0 aromatic heterocycles. The maximum absolute atomic E-state index is 11.0. The normalized spacial score (nSPS) is 10.6. The van der Waals surface area contributed by atoms with Crippen molar-refractivity contribution in [3.63, 3.8) is 0 Å². The topological polar surface area (TPSA) is 66.4 Å². The smallest absolute Gasteiger partial charge is 0.307 e. The fourth-order valence-corrected chi connectivity index (χ4v) is 0.590. The Kier molecular flexibility index (Phi) is 4.17. The highest BCUT2D eigenvalue weighted by Crippen LogP contribution is 2.11. The maximum Gasteiger partial charge on any atom is 0.307 e. The van der Waals surface area contributed by atoms with Crippen molar-refractivity contribution in [3.8, 4) is 0 Å². The zero-order valence-corrected chi connectivity index (χ0v) is 7.83. The maximum atomic E-state index is 11.0. The van der Waals surface area contributed by atoms with Crippen molar-refractivity contribution in [3.05, 3.63) is 12.7 Å². The second kappa shape index (κ2) is 4.64. The van der Waals surface area contributed by atoms with E-state index in [1.54, 1.807) is 13.8 Å². The van der Waals surface area contributed by atoms with E-state index in [0.29, 0.717) is 0 Å². The van der Waals surface area contributed by atoms with Crippen LogP contribution in [0.5, 0.6) is 0 Å². The predicted octanol–water partition coefficient (Wildman–Crippen LogP) is 0.0243. The highest BCUT2D eigenvalue weighted by molar-refractivity contribution is 5.75. The van der Waals surface area contributed by atoms with Crippen LogP contribution in [-0.2, 0) is 14.3 Å². The van der Waals surface area contributed by atoms with E-state index in [1.807, 2.05) is 0 Å². The first kappa shape index (κ1) is 11.7. The fraction of sp³-hybridized carbons (Fsp3) is 0.556. The number of aliphatic carboxylic acids is 1. The molecule has 0 unspecified atom stereocenters. The van der Waals surface area contributed by atoms with Crippen molar-refractivity contribution in [2.45, 2.75) is 32.3 Å². The van der Waals surface area contributed by atoms with Gasteiger partial charge in [0.25, 0.3) is 0 Å². The van der Waals surface area contributed by atoms with Gasteiger partial charge in [0.2, 0.25) is 0 Å². The molecule has 0 aliphatic rings. The number of esters is 1. The first-order chi connectivity index (χ1) is 5.87. The van der Waals surface area contributed by atoms with Gasteiger partial charge >= 0.3 is 5.97 Å². The van der Waals surface area contributed by atoms with Crippen LogP contribution in [0.1, 0.15) is 26.7 Å². The summed E-state index contributed by atoms with van der Waals surface area (Å²) in [4.78, 5) is 21.0. The molecule has 13 heavy (non-hydrogen) atoms. The Morgan fingerprint density at radius 2 is 2.00 bits per heavy atom. The molecule has 0 heterocycles. The summed E-state index contributed by atoms with van der Waals surface area (Å²) in [6.07, 6.45) is 0.996. The van der Waals surface area contributed by atoms with Crippen LogP contribution in [-0.4, -0.2) is 17.5 Å². The lowest BCUT2D eigenvalue weighted by Gasteiger charge is -2.20. The molecule has 4 heteroatoms. The Morgan fingerprint density at radius 1 is 1.46 bits per heavy atom. The summed E-state index contributed by atoms with van der Waals surface area (Å²) in [7, 11) is 0. The van der Waals surface area contributed by atoms with Crippen molar-refractivity contribution in [1.82, 2.24) is 0 Å². The molecule has 0 aliphatic carbocycles. The summed E-state index contributed by atoms with van der Waals surface area (Å²) in [6, 6.07) is 0. The van der Waals surface area contributed by atoms with Gasteiger partial charge in [-0.1, -0.05) is 6.58 Å². The Labute approximate surface area is 77.2 Å². The Morgan fingerprint density at radius 3 is 2.38 bits per heavy atom. The lowest BCUT2D eigenvalue weighted by molar-refractivity contribution is -0.305. The molecular formula is C9H13O4-. The molecule has 74 valence electrons. The molecule has 0 saturated carbocycles. The van der Waals surface area contributed by atoms with E-state index in [4.69, 9.17) is 4.74 Å². The van der Waals surface area contributed by atoms with Gasteiger partial charge < -0.3 is 14.6 Å². The van der Waals surface area contributed by atoms with Crippen molar-refractivity contribution in [2.24, 2.45) is 0 Å². The molecule has 0 rings (SSSR count). The second-order valence-electron chi connectivity index (χ2n) is 3.15. The number of carboxylic acid groups (broad SMARTS) is 1. The van der Waals surface area contributed by atoms with E-state index >= 15 is 0 Å². The molecular weight excluding hydrogens is 172 g/mol. The molecule has 0 aliphatic heterocycles. The quantitative estimate of drug-likeness (QED) is 0.447. The van der Waals surface area contributed by atoms with Gasteiger partial charge in [-0.15, -0.1) is 0 Å². The van der Waals surface area contributed by atoms with E-state index in [0.717, 1.165) is 0 Å². The van der Waals surface area contributed by atoms with E-state index in [2.05, 4.69) is 6.58 Å². The Hall–Kier alpha value is -1.32. The van der Waals surface area contributed by atoms with Crippen LogP contribution in [0.3, 0.4) is 0 Å². The SMILES string of the molecule is C=CC(C)(C)OC(=O)CCC(=O)[O-]. The van der Waals surface area contributed by atoms with E-state index in [-0.39, 0.29) is 12.8 Å². The van der Waals surface area contributed by atoms with Crippen molar-refractivity contribution >= 4 is 11.9 Å². The van der Waals surface area contributed by atoms with Crippen LogP contribution < -0.4 is 5.11 Å². The van der Waals surface area contributed by atoms with Crippen molar-refractivity contribution < 1.29 is 19.4 Å². The molecule has 0 saturated heterocycles. The van der Waals surface area contributed by atoms with Gasteiger partial charge in [-0.2, -0.15) is 0 Å². The molecule has 0 fully saturated rings. The minimum atomic E-state index is -1.26. The minimum absolute atomic E-state index is 0.167. The van der Waals surface area contributed by atoms with Crippen LogP contribution in [0.25, 0.3) is 0 Å². The summed E-state index contributed by atoms with van der Waals surface area (Å²) >= 11 is 0. The number of carboxylic acids is 1. The van der Waals surface area contributed by atoms with E-state index < -0.39 is 17.5 Å². The first-order valence-corrected chi connectivity index (χ1v) is 3.92. The standard InChI is InChI=1S/C9H14O4/c1-4-9(2,3)13-8(12)6-5-7(10)11/h4H,1,5-6H2,2-3H3,(H,10,11)/p-1. The van der Waals surface area contributed by atoms with E-state index in [9.17, 15) is 14.7 Å². The van der Waals surface area contributed by atoms with Crippen LogP contribution in [0.15, 0.2) is 12.7 Å². The number of rotatable bonds is 5. The number of ether oxygens (including phenoxy) is 1. The van der Waals surface area contributed by atoms with Gasteiger partial charge in [-0.05, 0) is 26.3 Å². The lowest BCUT2D eigenvalue weighted by Crippen LogP contribution is -2.27. The predicted molar refractivity (Wildman–Crippen MR) is 44.6 cm³/mol. The van der Waals surface area contributed by atoms with Crippen molar-refractivity contribution in [1.29, 1.82) is 0 Å². The number of carbonyl (C=O) groups excluding carboxylic acids is 2. The van der Waals surface area contributed by atoms with E-state index in [1.165, 1.54) is 6.08 Å². The molecule has 0 radical (unpaired) electrons. The van der Waals surface area contributed by atoms with Gasteiger partial charge in [0.1, 0.15) is 5.60 Å². The monoisotopic (exact) mass is 185 g/mol. The Bertz CT molecular complexity index is 218. The van der Waals surface area contributed by atoms with Gasteiger partial charge in [0.05, 0.1) is 6.42 Å². The summed E-state index contributed by atoms with van der Waals surface area (Å²) in [5.74, 6) is -1.82. The first-order valence-electron chi connectivity index (χ1n) is 3.92. The van der Waals surface area contributed by atoms with Crippen molar-refractivity contribution in [2.75, 3.05) is 0 Å². The second-order valence-corrected chi connectivity index (χ2v) is 3.15. The lowest BCUT2D eigenvalue weighted by atomic mass is 10.1. The fourth-order valence-electron chi connectivity index (χ4n) is 0.590. The summed E-state index contributed by atoms with van der Waals surface area (Å²) in [5.41, 5.74) is -0.747. The van der Waals surface area contributed by atoms with Crippen LogP contribution in [0.4, 0.5) is 0 Å². The Balaban J connectivity index is 3.88. The van der Waals surface area contributed by atoms with Crippen LogP contribution in [0, 0.1) is 0 Å². The minimum Gasteiger partial charge on any atom is -0.550 e. The number of hydrogen-bond donors (Lipinski definition) is 0. The summed E-state index contributed by atoms with van der Waals surface area (Å²) in [5, 5.41) is 10.00. The number of carbonyl (C=O) groups is 2. The summed E-state index contributed by atoms with van der Waals surface area (Å²) in [6.45, 7) is 6.80. The van der Waals surface area contributed by atoms with Crippen LogP contribution in [0.2, 0.25) is 0 Å². The zero-order valence-electron chi connectivity index (χ0n) is 7.83. The molecule has 0 aromatic rings.